The average molecular weight is 182 g/mol. The van der Waals surface area contributed by atoms with Gasteiger partial charge in [-0.05, 0) is 6.92 Å². The number of nitrogens with one attached hydrogen (secondary N) is 1. The van der Waals surface area contributed by atoms with Crippen LogP contribution >= 0.6 is 0 Å². The van der Waals surface area contributed by atoms with Crippen LogP contribution in [0.2, 0.25) is 0 Å². The van der Waals surface area contributed by atoms with Gasteiger partial charge in [0.2, 0.25) is 0 Å². The minimum atomic E-state index is -0.977. The van der Waals surface area contributed by atoms with Gasteiger partial charge in [-0.2, -0.15) is 0 Å². The van der Waals surface area contributed by atoms with Gasteiger partial charge in [0.1, 0.15) is 6.26 Å². The lowest BCUT2D eigenvalue weighted by Crippen LogP contribution is -2.05. The minimum absolute atomic E-state index is 0.513. The summed E-state index contributed by atoms with van der Waals surface area (Å²) in [5.41, 5.74) is 1.71. The number of aliphatic carboxylic acids is 1. The Balaban J connectivity index is 2.36. The summed E-state index contributed by atoms with van der Waals surface area (Å²) in [6.07, 6.45) is 3.93. The van der Waals surface area contributed by atoms with Gasteiger partial charge in [-0.15, -0.1) is 0 Å². The number of carbonyl (C=O) groups is 1. The molecule has 0 saturated heterocycles. The van der Waals surface area contributed by atoms with E-state index in [2.05, 4.69) is 10.5 Å². The molecule has 1 heterocycles. The molecule has 1 rings (SSSR count). The first-order valence-electron chi connectivity index (χ1n) is 3.73. The van der Waals surface area contributed by atoms with E-state index in [4.69, 9.17) is 9.63 Å². The van der Waals surface area contributed by atoms with E-state index in [0.717, 1.165) is 17.3 Å². The first kappa shape index (κ1) is 9.31. The number of nitrogens with zero attached hydrogens (tertiary/aromatic N) is 1. The molecule has 13 heavy (non-hydrogen) atoms. The predicted molar refractivity (Wildman–Crippen MR) is 44.9 cm³/mol. The number of hydrogen-bond acceptors (Lipinski definition) is 4. The van der Waals surface area contributed by atoms with Crippen molar-refractivity contribution in [2.45, 2.75) is 13.5 Å². The topological polar surface area (TPSA) is 75.4 Å². The van der Waals surface area contributed by atoms with Crippen LogP contribution in [0.3, 0.4) is 0 Å². The molecule has 0 amide bonds. The van der Waals surface area contributed by atoms with Crippen LogP contribution in [0.15, 0.2) is 23.1 Å². The van der Waals surface area contributed by atoms with Gasteiger partial charge in [0.25, 0.3) is 0 Å². The maximum absolute atomic E-state index is 10.1. The van der Waals surface area contributed by atoms with E-state index < -0.39 is 5.97 Å². The van der Waals surface area contributed by atoms with E-state index in [-0.39, 0.29) is 0 Å². The van der Waals surface area contributed by atoms with E-state index >= 15 is 0 Å². The third-order valence-corrected chi connectivity index (χ3v) is 1.49. The summed E-state index contributed by atoms with van der Waals surface area (Å²) in [5, 5.41) is 14.7. The number of aromatic nitrogens is 1. The first-order valence-corrected chi connectivity index (χ1v) is 3.73. The second kappa shape index (κ2) is 4.30. The lowest BCUT2D eigenvalue weighted by molar-refractivity contribution is -0.131. The zero-order valence-electron chi connectivity index (χ0n) is 7.15. The van der Waals surface area contributed by atoms with Crippen molar-refractivity contribution in [3.63, 3.8) is 0 Å². The van der Waals surface area contributed by atoms with Crippen molar-refractivity contribution in [3.8, 4) is 0 Å². The van der Waals surface area contributed by atoms with Crippen LogP contribution < -0.4 is 5.32 Å². The van der Waals surface area contributed by atoms with Gasteiger partial charge in [-0.25, -0.2) is 4.79 Å². The second-order valence-electron chi connectivity index (χ2n) is 2.48. The highest BCUT2D eigenvalue weighted by atomic mass is 16.5. The Kier molecular flexibility index (Phi) is 3.08. The molecule has 0 bridgehead atoms. The summed E-state index contributed by atoms with van der Waals surface area (Å²) in [6, 6.07) is 0. The van der Waals surface area contributed by atoms with Gasteiger partial charge in [-0.3, -0.25) is 0 Å². The van der Waals surface area contributed by atoms with Crippen LogP contribution in [-0.2, 0) is 11.3 Å². The van der Waals surface area contributed by atoms with Gasteiger partial charge in [0.05, 0.1) is 5.69 Å². The van der Waals surface area contributed by atoms with Crippen LogP contribution in [0.4, 0.5) is 0 Å². The molecule has 0 aliphatic rings. The second-order valence-corrected chi connectivity index (χ2v) is 2.48. The molecule has 0 atom stereocenters. The number of rotatable bonds is 4. The molecule has 0 unspecified atom stereocenters. The molecule has 1 aromatic heterocycles. The van der Waals surface area contributed by atoms with Crippen LogP contribution in [0.5, 0.6) is 0 Å². The zero-order chi connectivity index (χ0) is 9.68. The van der Waals surface area contributed by atoms with Crippen molar-refractivity contribution < 1.29 is 14.4 Å². The van der Waals surface area contributed by atoms with Crippen LogP contribution in [0, 0.1) is 6.92 Å². The summed E-state index contributed by atoms with van der Waals surface area (Å²) in [5.74, 6) is -0.977. The maximum atomic E-state index is 10.1. The third-order valence-electron chi connectivity index (χ3n) is 1.49. The zero-order valence-corrected chi connectivity index (χ0v) is 7.15. The smallest absolute Gasteiger partial charge is 0.329 e. The summed E-state index contributed by atoms with van der Waals surface area (Å²) < 4.78 is 4.69. The SMILES string of the molecule is Cc1nocc1CN/C=C/C(=O)O. The largest absolute Gasteiger partial charge is 0.478 e. The molecule has 70 valence electrons. The Morgan fingerprint density at radius 1 is 1.85 bits per heavy atom. The van der Waals surface area contributed by atoms with E-state index in [1.165, 1.54) is 12.5 Å². The molecule has 0 aliphatic carbocycles. The molecular weight excluding hydrogens is 172 g/mol. The summed E-state index contributed by atoms with van der Waals surface area (Å²) in [7, 11) is 0. The highest BCUT2D eigenvalue weighted by molar-refractivity contribution is 5.79. The van der Waals surface area contributed by atoms with E-state index in [1.54, 1.807) is 0 Å². The Bertz CT molecular complexity index is 317. The van der Waals surface area contributed by atoms with Crippen molar-refractivity contribution >= 4 is 5.97 Å². The van der Waals surface area contributed by atoms with Crippen molar-refractivity contribution in [1.29, 1.82) is 0 Å². The maximum Gasteiger partial charge on any atom is 0.329 e. The van der Waals surface area contributed by atoms with Gasteiger partial charge in [-0.1, -0.05) is 5.16 Å². The molecule has 5 nitrogen and oxygen atoms in total. The first-order chi connectivity index (χ1) is 6.20. The van der Waals surface area contributed by atoms with Gasteiger partial charge in [0.15, 0.2) is 0 Å². The van der Waals surface area contributed by atoms with Crippen molar-refractivity contribution in [2.75, 3.05) is 0 Å². The molecule has 5 heteroatoms. The lowest BCUT2D eigenvalue weighted by Gasteiger charge is -1.95. The Labute approximate surface area is 75.0 Å². The summed E-state index contributed by atoms with van der Waals surface area (Å²) in [6.45, 7) is 2.33. The Morgan fingerprint density at radius 3 is 3.15 bits per heavy atom. The van der Waals surface area contributed by atoms with E-state index in [0.29, 0.717) is 6.54 Å². The van der Waals surface area contributed by atoms with Crippen molar-refractivity contribution in [3.05, 3.63) is 29.8 Å². The highest BCUT2D eigenvalue weighted by Crippen LogP contribution is 2.03. The fourth-order valence-corrected chi connectivity index (χ4v) is 0.782. The average Bonchev–Trinajstić information content (AvgIpc) is 2.45. The Morgan fingerprint density at radius 2 is 2.62 bits per heavy atom. The van der Waals surface area contributed by atoms with Crippen molar-refractivity contribution in [2.24, 2.45) is 0 Å². The number of aryl methyl sites for hydroxylation is 1. The molecule has 0 radical (unpaired) electrons. The lowest BCUT2D eigenvalue weighted by atomic mass is 10.3. The van der Waals surface area contributed by atoms with E-state index in [9.17, 15) is 4.79 Å². The predicted octanol–water partition coefficient (Wildman–Crippen LogP) is 0.671. The van der Waals surface area contributed by atoms with Crippen LogP contribution in [0.25, 0.3) is 0 Å². The van der Waals surface area contributed by atoms with Gasteiger partial charge < -0.3 is 14.9 Å². The quantitative estimate of drug-likeness (QED) is 0.669. The number of carboxylic acid groups (broad SMARTS) is 1. The molecular formula is C8H10N2O3. The van der Waals surface area contributed by atoms with Crippen LogP contribution in [-0.4, -0.2) is 16.2 Å². The van der Waals surface area contributed by atoms with Crippen molar-refractivity contribution in [1.82, 2.24) is 10.5 Å². The minimum Gasteiger partial charge on any atom is -0.478 e. The molecule has 0 aliphatic heterocycles. The molecule has 1 aromatic rings. The standard InChI is InChI=1S/C8H10N2O3/c1-6-7(5-13-10-6)4-9-3-2-8(11)12/h2-3,5,9H,4H2,1H3,(H,11,12)/b3-2+. The molecule has 2 N–H and O–H groups in total. The Hall–Kier alpha value is -1.78. The number of carboxylic acids is 1. The molecule has 0 saturated carbocycles. The fourth-order valence-electron chi connectivity index (χ4n) is 0.782. The van der Waals surface area contributed by atoms with Gasteiger partial charge >= 0.3 is 5.97 Å². The number of hydrogen-bond donors (Lipinski definition) is 2. The summed E-state index contributed by atoms with van der Waals surface area (Å²) in [4.78, 5) is 10.1. The fraction of sp³-hybridized carbons (Fsp3) is 0.250. The normalized spacial score (nSPS) is 10.5. The molecule has 0 spiro atoms. The third kappa shape index (κ3) is 2.98. The molecule has 0 fully saturated rings. The highest BCUT2D eigenvalue weighted by Gasteiger charge is 1.99. The van der Waals surface area contributed by atoms with Gasteiger partial charge in [0, 0.05) is 24.4 Å². The summed E-state index contributed by atoms with van der Waals surface area (Å²) >= 11 is 0. The van der Waals surface area contributed by atoms with Crippen LogP contribution in [0.1, 0.15) is 11.3 Å². The monoisotopic (exact) mass is 182 g/mol. The molecule has 0 aromatic carbocycles. The van der Waals surface area contributed by atoms with E-state index in [1.807, 2.05) is 6.92 Å².